The van der Waals surface area contributed by atoms with E-state index in [0.717, 1.165) is 15.9 Å². The molecule has 1 aromatic heterocycles. The monoisotopic (exact) mass is 420 g/mol. The van der Waals surface area contributed by atoms with Crippen molar-refractivity contribution in [3.8, 4) is 5.69 Å². The Bertz CT molecular complexity index is 813. The van der Waals surface area contributed by atoms with Crippen molar-refractivity contribution in [1.82, 2.24) is 20.0 Å². The molecular weight excluding hydrogens is 400 g/mol. The number of ether oxygens (including phenoxy) is 1. The van der Waals surface area contributed by atoms with Gasteiger partial charge in [0.15, 0.2) is 0 Å². The summed E-state index contributed by atoms with van der Waals surface area (Å²) < 4.78 is 7.43. The number of piperidine rings is 1. The average Bonchev–Trinajstić information content (AvgIpc) is 3.03. The van der Waals surface area contributed by atoms with E-state index in [0.29, 0.717) is 31.5 Å². The van der Waals surface area contributed by atoms with Crippen LogP contribution < -0.4 is 5.32 Å². The second-order valence-corrected chi connectivity index (χ2v) is 7.16. The van der Waals surface area contributed by atoms with Gasteiger partial charge in [-0.15, -0.1) is 0 Å². The number of methoxy groups -OCH3 is 1. The van der Waals surface area contributed by atoms with Crippen molar-refractivity contribution in [2.45, 2.75) is 25.8 Å². The van der Waals surface area contributed by atoms with Crippen molar-refractivity contribution in [1.29, 1.82) is 0 Å². The van der Waals surface area contributed by atoms with Gasteiger partial charge < -0.3 is 15.0 Å². The number of nitrogens with one attached hydrogen (secondary N) is 1. The van der Waals surface area contributed by atoms with Crippen LogP contribution in [-0.4, -0.2) is 52.9 Å². The van der Waals surface area contributed by atoms with Gasteiger partial charge in [0.25, 0.3) is 5.91 Å². The van der Waals surface area contributed by atoms with Gasteiger partial charge in [0.05, 0.1) is 30.3 Å². The summed E-state index contributed by atoms with van der Waals surface area (Å²) in [5.74, 6) is -0.139. The topological polar surface area (TPSA) is 76.5 Å². The zero-order valence-corrected chi connectivity index (χ0v) is 16.3. The minimum atomic E-state index is -0.319. The number of amides is 2. The molecule has 1 saturated heterocycles. The zero-order chi connectivity index (χ0) is 18.7. The molecule has 2 heterocycles. The lowest BCUT2D eigenvalue weighted by Crippen LogP contribution is -2.46. The first-order chi connectivity index (χ1) is 12.5. The maximum Gasteiger partial charge on any atom is 0.409 e. The highest BCUT2D eigenvalue weighted by Crippen LogP contribution is 2.19. The molecule has 1 aliphatic heterocycles. The Morgan fingerprint density at radius 1 is 1.31 bits per heavy atom. The summed E-state index contributed by atoms with van der Waals surface area (Å²) in [6.07, 6.45) is 2.69. The lowest BCUT2D eigenvalue weighted by molar-refractivity contribution is 0.0891. The van der Waals surface area contributed by atoms with Crippen LogP contribution >= 0.6 is 15.9 Å². The van der Waals surface area contributed by atoms with Crippen LogP contribution in [0.3, 0.4) is 0 Å². The van der Waals surface area contributed by atoms with Crippen LogP contribution in [0.4, 0.5) is 4.79 Å². The standard InChI is InChI=1S/C18H21BrN4O3/c1-12-16(11-20-23(12)15-5-3-4-13(19)10-15)17(24)21-14-6-8-22(9-7-14)18(25)26-2/h3-5,10-11,14H,6-9H2,1-2H3,(H,21,24). The van der Waals surface area contributed by atoms with Crippen LogP contribution in [0.2, 0.25) is 0 Å². The van der Waals surface area contributed by atoms with Crippen LogP contribution in [0.15, 0.2) is 34.9 Å². The maximum absolute atomic E-state index is 12.6. The van der Waals surface area contributed by atoms with E-state index in [9.17, 15) is 9.59 Å². The van der Waals surface area contributed by atoms with Crippen molar-refractivity contribution >= 4 is 27.9 Å². The molecule has 1 N–H and O–H groups in total. The highest BCUT2D eigenvalue weighted by Gasteiger charge is 2.25. The van der Waals surface area contributed by atoms with Gasteiger partial charge in [-0.2, -0.15) is 5.10 Å². The largest absolute Gasteiger partial charge is 0.453 e. The number of halogens is 1. The van der Waals surface area contributed by atoms with Gasteiger partial charge in [0.1, 0.15) is 0 Å². The quantitative estimate of drug-likeness (QED) is 0.827. The van der Waals surface area contributed by atoms with Crippen LogP contribution in [0.25, 0.3) is 5.69 Å². The van der Waals surface area contributed by atoms with E-state index in [4.69, 9.17) is 4.74 Å². The summed E-state index contributed by atoms with van der Waals surface area (Å²) >= 11 is 3.45. The molecule has 2 aromatic rings. The lowest BCUT2D eigenvalue weighted by Gasteiger charge is -2.31. The van der Waals surface area contributed by atoms with Crippen LogP contribution in [0, 0.1) is 6.92 Å². The number of carbonyl (C=O) groups excluding carboxylic acids is 2. The predicted molar refractivity (Wildman–Crippen MR) is 100 cm³/mol. The van der Waals surface area contributed by atoms with E-state index in [-0.39, 0.29) is 18.0 Å². The van der Waals surface area contributed by atoms with Crippen molar-refractivity contribution in [2.75, 3.05) is 20.2 Å². The summed E-state index contributed by atoms with van der Waals surface area (Å²) in [6, 6.07) is 7.79. The Labute approximate surface area is 160 Å². The number of hydrogen-bond donors (Lipinski definition) is 1. The van der Waals surface area contributed by atoms with E-state index in [1.165, 1.54) is 7.11 Å². The number of rotatable bonds is 3. The molecule has 8 heteroatoms. The summed E-state index contributed by atoms with van der Waals surface area (Å²) in [5.41, 5.74) is 2.23. The van der Waals surface area contributed by atoms with Crippen LogP contribution in [-0.2, 0) is 4.74 Å². The molecule has 0 bridgehead atoms. The molecule has 3 rings (SSSR count). The zero-order valence-electron chi connectivity index (χ0n) is 14.7. The third-order valence-corrected chi connectivity index (χ3v) is 5.06. The van der Waals surface area contributed by atoms with Gasteiger partial charge in [-0.3, -0.25) is 4.79 Å². The molecule has 0 aliphatic carbocycles. The van der Waals surface area contributed by atoms with Crippen molar-refractivity contribution in [3.05, 3.63) is 46.2 Å². The van der Waals surface area contributed by atoms with Crippen LogP contribution in [0.1, 0.15) is 28.9 Å². The summed E-state index contributed by atoms with van der Waals surface area (Å²) in [4.78, 5) is 25.8. The van der Waals surface area contributed by atoms with Crippen molar-refractivity contribution in [2.24, 2.45) is 0 Å². The molecule has 0 spiro atoms. The third-order valence-electron chi connectivity index (χ3n) is 4.57. The predicted octanol–water partition coefficient (Wildman–Crippen LogP) is 2.90. The molecule has 1 aliphatic rings. The molecular formula is C18H21BrN4O3. The Morgan fingerprint density at radius 3 is 2.69 bits per heavy atom. The first kappa shape index (κ1) is 18.4. The number of carbonyl (C=O) groups is 2. The SMILES string of the molecule is COC(=O)N1CCC(NC(=O)c2cnn(-c3cccc(Br)c3)c2C)CC1. The first-order valence-corrected chi connectivity index (χ1v) is 9.23. The highest BCUT2D eigenvalue weighted by molar-refractivity contribution is 9.10. The number of nitrogens with zero attached hydrogens (tertiary/aromatic N) is 3. The maximum atomic E-state index is 12.6. The third kappa shape index (κ3) is 3.90. The molecule has 26 heavy (non-hydrogen) atoms. The molecule has 0 radical (unpaired) electrons. The molecule has 1 fully saturated rings. The Kier molecular flexibility index (Phi) is 5.61. The van der Waals surface area contributed by atoms with Crippen molar-refractivity contribution < 1.29 is 14.3 Å². The number of benzene rings is 1. The summed E-state index contributed by atoms with van der Waals surface area (Å²) in [5, 5.41) is 7.40. The van der Waals surface area contributed by atoms with Crippen LogP contribution in [0.5, 0.6) is 0 Å². The Hall–Kier alpha value is -2.35. The minimum Gasteiger partial charge on any atom is -0.453 e. The van der Waals surface area contributed by atoms with E-state index >= 15 is 0 Å². The van der Waals surface area contributed by atoms with E-state index in [1.807, 2.05) is 31.2 Å². The normalized spacial score (nSPS) is 15.0. The van der Waals surface area contributed by atoms with Crippen molar-refractivity contribution in [3.63, 3.8) is 0 Å². The van der Waals surface area contributed by atoms with E-state index in [1.54, 1.807) is 15.8 Å². The van der Waals surface area contributed by atoms with Gasteiger partial charge in [-0.25, -0.2) is 9.48 Å². The lowest BCUT2D eigenvalue weighted by atomic mass is 10.0. The molecule has 7 nitrogen and oxygen atoms in total. The average molecular weight is 421 g/mol. The molecule has 138 valence electrons. The Morgan fingerprint density at radius 2 is 2.04 bits per heavy atom. The molecule has 0 saturated carbocycles. The fourth-order valence-corrected chi connectivity index (χ4v) is 3.49. The minimum absolute atomic E-state index is 0.0389. The highest BCUT2D eigenvalue weighted by atomic mass is 79.9. The number of hydrogen-bond acceptors (Lipinski definition) is 4. The second kappa shape index (κ2) is 7.90. The van der Waals surface area contributed by atoms with E-state index < -0.39 is 0 Å². The molecule has 2 amide bonds. The van der Waals surface area contributed by atoms with Gasteiger partial charge in [0.2, 0.25) is 0 Å². The smallest absolute Gasteiger partial charge is 0.409 e. The number of aromatic nitrogens is 2. The fraction of sp³-hybridized carbons (Fsp3) is 0.389. The number of likely N-dealkylation sites (tertiary alicyclic amines) is 1. The Balaban J connectivity index is 1.65. The summed E-state index contributed by atoms with van der Waals surface area (Å²) in [6.45, 7) is 3.03. The molecule has 0 atom stereocenters. The molecule has 1 aromatic carbocycles. The second-order valence-electron chi connectivity index (χ2n) is 6.24. The summed E-state index contributed by atoms with van der Waals surface area (Å²) in [7, 11) is 1.38. The molecule has 0 unspecified atom stereocenters. The van der Waals surface area contributed by atoms with Gasteiger partial charge >= 0.3 is 6.09 Å². The first-order valence-electron chi connectivity index (χ1n) is 8.44. The van der Waals surface area contributed by atoms with Gasteiger partial charge in [-0.1, -0.05) is 22.0 Å². The van der Waals surface area contributed by atoms with Gasteiger partial charge in [-0.05, 0) is 38.0 Å². The van der Waals surface area contributed by atoms with Gasteiger partial charge in [0, 0.05) is 23.6 Å². The fourth-order valence-electron chi connectivity index (χ4n) is 3.10. The van der Waals surface area contributed by atoms with E-state index in [2.05, 4.69) is 26.3 Å².